The summed E-state index contributed by atoms with van der Waals surface area (Å²) in [7, 11) is -4.36. The Kier molecular flexibility index (Phi) is 4.60. The fourth-order valence-electron chi connectivity index (χ4n) is 1.25. The summed E-state index contributed by atoms with van der Waals surface area (Å²) < 4.78 is 33.2. The average molecular weight is 276 g/mol. The molecule has 1 aromatic carbocycles. The average Bonchev–Trinajstić information content (AvgIpc) is 2.15. The van der Waals surface area contributed by atoms with Gasteiger partial charge < -0.3 is 0 Å². The maximum Gasteiger partial charge on any atom is 0.408 e. The zero-order valence-corrected chi connectivity index (χ0v) is 11.6. The molecule has 0 aliphatic carbocycles. The molecular weight excluding hydrogens is 260 g/mol. The Balaban J connectivity index is 2.58. The van der Waals surface area contributed by atoms with Crippen molar-refractivity contribution in [1.29, 1.82) is 0 Å². The van der Waals surface area contributed by atoms with E-state index in [1.807, 2.05) is 24.3 Å². The summed E-state index contributed by atoms with van der Waals surface area (Å²) in [5.41, 5.74) is 2.24. The topological polar surface area (TPSA) is 63.6 Å². The number of hydrogen-bond donors (Lipinski definition) is 1. The molecule has 0 radical (unpaired) electrons. The van der Waals surface area contributed by atoms with Crippen molar-refractivity contribution in [3.63, 3.8) is 0 Å². The predicted molar refractivity (Wildman–Crippen MR) is 69.1 cm³/mol. The van der Waals surface area contributed by atoms with Gasteiger partial charge in [-0.1, -0.05) is 45.0 Å². The van der Waals surface area contributed by atoms with E-state index in [9.17, 15) is 8.42 Å². The Labute approximate surface area is 107 Å². The smallest absolute Gasteiger partial charge is 0.263 e. The molecule has 0 saturated carbocycles. The van der Waals surface area contributed by atoms with Crippen LogP contribution in [-0.2, 0) is 25.2 Å². The van der Waals surface area contributed by atoms with Gasteiger partial charge in [-0.15, -0.1) is 0 Å². The second-order valence-electron chi connectivity index (χ2n) is 4.70. The lowest BCUT2D eigenvalue weighted by Gasteiger charge is -2.19. The third-order valence-electron chi connectivity index (χ3n) is 2.18. The molecule has 0 aliphatic heterocycles. The van der Waals surface area contributed by atoms with E-state index in [4.69, 9.17) is 4.55 Å². The highest BCUT2D eigenvalue weighted by Crippen LogP contribution is 2.23. The van der Waals surface area contributed by atoms with Crippen molar-refractivity contribution < 1.29 is 16.6 Å². The highest BCUT2D eigenvalue weighted by molar-refractivity contribution is 8.02. The first kappa shape index (κ1) is 14.5. The van der Waals surface area contributed by atoms with Gasteiger partial charge in [0.1, 0.15) is 0 Å². The van der Waals surface area contributed by atoms with Crippen molar-refractivity contribution in [2.75, 3.05) is 0 Å². The van der Waals surface area contributed by atoms with Crippen LogP contribution >= 0.6 is 12.0 Å². The van der Waals surface area contributed by atoms with E-state index in [1.54, 1.807) is 0 Å². The molecule has 17 heavy (non-hydrogen) atoms. The molecule has 0 spiro atoms. The Morgan fingerprint density at radius 2 is 1.76 bits per heavy atom. The van der Waals surface area contributed by atoms with Crippen LogP contribution in [-0.4, -0.2) is 13.0 Å². The SMILES string of the molecule is CC(C)(C)c1ccc(CSOS(=O)(=O)O)cc1. The molecule has 96 valence electrons. The lowest BCUT2D eigenvalue weighted by atomic mass is 9.87. The van der Waals surface area contributed by atoms with Crippen LogP contribution in [0.15, 0.2) is 24.3 Å². The van der Waals surface area contributed by atoms with Gasteiger partial charge in [0, 0.05) is 17.8 Å². The monoisotopic (exact) mass is 276 g/mol. The highest BCUT2D eigenvalue weighted by atomic mass is 32.3. The summed E-state index contributed by atoms with van der Waals surface area (Å²) in [6.45, 7) is 6.37. The first-order valence-electron chi connectivity index (χ1n) is 5.06. The van der Waals surface area contributed by atoms with Crippen LogP contribution in [0, 0.1) is 0 Å². The van der Waals surface area contributed by atoms with Crippen LogP contribution in [0.25, 0.3) is 0 Å². The van der Waals surface area contributed by atoms with Gasteiger partial charge >= 0.3 is 10.4 Å². The van der Waals surface area contributed by atoms with Crippen molar-refractivity contribution in [1.82, 2.24) is 0 Å². The van der Waals surface area contributed by atoms with Crippen LogP contribution in [0.5, 0.6) is 0 Å². The van der Waals surface area contributed by atoms with E-state index in [-0.39, 0.29) is 5.41 Å². The van der Waals surface area contributed by atoms with E-state index in [0.29, 0.717) is 17.8 Å². The molecular formula is C11H16O4S2. The van der Waals surface area contributed by atoms with E-state index < -0.39 is 10.4 Å². The van der Waals surface area contributed by atoms with E-state index in [0.717, 1.165) is 5.56 Å². The van der Waals surface area contributed by atoms with Crippen LogP contribution in [0.2, 0.25) is 0 Å². The molecule has 4 nitrogen and oxygen atoms in total. The van der Waals surface area contributed by atoms with E-state index in [2.05, 4.69) is 24.4 Å². The molecule has 6 heteroatoms. The quantitative estimate of drug-likeness (QED) is 0.676. The molecule has 0 heterocycles. The van der Waals surface area contributed by atoms with E-state index in [1.165, 1.54) is 5.56 Å². The lowest BCUT2D eigenvalue weighted by molar-refractivity contribution is 0.407. The van der Waals surface area contributed by atoms with Gasteiger partial charge in [-0.05, 0) is 16.5 Å². The van der Waals surface area contributed by atoms with E-state index >= 15 is 0 Å². The third-order valence-corrected chi connectivity index (χ3v) is 3.70. The first-order valence-corrected chi connectivity index (χ1v) is 7.34. The summed E-state index contributed by atoms with van der Waals surface area (Å²) >= 11 is 0.689. The normalized spacial score (nSPS) is 12.7. The highest BCUT2D eigenvalue weighted by Gasteiger charge is 2.13. The second kappa shape index (κ2) is 5.39. The lowest BCUT2D eigenvalue weighted by Crippen LogP contribution is -2.10. The third kappa shape index (κ3) is 5.54. The van der Waals surface area contributed by atoms with Gasteiger partial charge in [-0.3, -0.25) is 4.55 Å². The van der Waals surface area contributed by atoms with Crippen LogP contribution < -0.4 is 0 Å². The van der Waals surface area contributed by atoms with Crippen LogP contribution in [0.3, 0.4) is 0 Å². The van der Waals surface area contributed by atoms with Gasteiger partial charge in [0.05, 0.1) is 0 Å². The van der Waals surface area contributed by atoms with Crippen LogP contribution in [0.4, 0.5) is 0 Å². The minimum absolute atomic E-state index is 0.0939. The molecule has 0 unspecified atom stereocenters. The number of hydrogen-bond acceptors (Lipinski definition) is 4. The zero-order valence-electron chi connectivity index (χ0n) is 10.0. The zero-order chi connectivity index (χ0) is 13.1. The minimum atomic E-state index is -4.36. The molecule has 1 rings (SSSR count). The standard InChI is InChI=1S/C11H16O4S2/c1-11(2,3)10-6-4-9(5-7-10)8-16-15-17(12,13)14/h4-7H,8H2,1-3H3,(H,12,13,14). The van der Waals surface area contributed by atoms with Gasteiger partial charge in [0.25, 0.3) is 0 Å². The molecule has 1 N–H and O–H groups in total. The molecule has 0 aliphatic rings. The van der Waals surface area contributed by atoms with Crippen molar-refractivity contribution in [2.24, 2.45) is 0 Å². The van der Waals surface area contributed by atoms with Crippen molar-refractivity contribution in [3.05, 3.63) is 35.4 Å². The maximum absolute atomic E-state index is 10.3. The molecule has 0 aromatic heterocycles. The summed E-state index contributed by atoms with van der Waals surface area (Å²) in [6.07, 6.45) is 0. The van der Waals surface area contributed by atoms with Gasteiger partial charge in [-0.2, -0.15) is 12.0 Å². The number of benzene rings is 1. The first-order chi connectivity index (χ1) is 7.68. The Bertz CT molecular complexity index is 457. The molecule has 0 atom stereocenters. The minimum Gasteiger partial charge on any atom is -0.263 e. The summed E-state index contributed by atoms with van der Waals surface area (Å²) in [5, 5.41) is 0. The van der Waals surface area contributed by atoms with Gasteiger partial charge in [0.15, 0.2) is 0 Å². The molecule has 0 saturated heterocycles. The second-order valence-corrected chi connectivity index (χ2v) is 6.63. The predicted octanol–water partition coefficient (Wildman–Crippen LogP) is 2.95. The van der Waals surface area contributed by atoms with Gasteiger partial charge in [0.2, 0.25) is 0 Å². The largest absolute Gasteiger partial charge is 0.408 e. The van der Waals surface area contributed by atoms with Crippen molar-refractivity contribution in [3.8, 4) is 0 Å². The van der Waals surface area contributed by atoms with Gasteiger partial charge in [-0.25, -0.2) is 0 Å². The summed E-state index contributed by atoms with van der Waals surface area (Å²) in [6, 6.07) is 7.84. The van der Waals surface area contributed by atoms with Crippen LogP contribution in [0.1, 0.15) is 31.9 Å². The maximum atomic E-state index is 10.3. The Hall–Kier alpha value is -0.560. The molecule has 1 aromatic rings. The Morgan fingerprint density at radius 3 is 2.18 bits per heavy atom. The molecule has 0 amide bonds. The molecule has 0 bridgehead atoms. The fraction of sp³-hybridized carbons (Fsp3) is 0.455. The fourth-order valence-corrected chi connectivity index (χ4v) is 2.26. The van der Waals surface area contributed by atoms with Crippen molar-refractivity contribution in [2.45, 2.75) is 31.9 Å². The summed E-state index contributed by atoms with van der Waals surface area (Å²) in [4.78, 5) is 0. The molecule has 0 fully saturated rings. The number of rotatable bonds is 4. The Morgan fingerprint density at radius 1 is 1.24 bits per heavy atom. The summed E-state index contributed by atoms with van der Waals surface area (Å²) in [5.74, 6) is 0.365. The van der Waals surface area contributed by atoms with Crippen molar-refractivity contribution >= 4 is 22.4 Å².